The van der Waals surface area contributed by atoms with Crippen molar-refractivity contribution in [3.05, 3.63) is 0 Å². The highest BCUT2D eigenvalue weighted by Crippen LogP contribution is 2.51. The van der Waals surface area contributed by atoms with Gasteiger partial charge in [-0.2, -0.15) is 0 Å². The van der Waals surface area contributed by atoms with Crippen molar-refractivity contribution in [1.29, 1.82) is 0 Å². The van der Waals surface area contributed by atoms with Crippen LogP contribution >= 0.6 is 0 Å². The standard InChI is InChI=1S/C10H15NO2/c1-6-7-4-5-10(6,2)9(13)11(3)8(7)12/h6-7H,4-5H2,1-3H3/t6-,7?,10-/m1/s1. The number of fused-ring (bicyclic) bond motifs is 2. The highest BCUT2D eigenvalue weighted by Gasteiger charge is 2.56. The second-order valence-corrected chi connectivity index (χ2v) is 4.55. The van der Waals surface area contributed by atoms with Crippen molar-refractivity contribution in [3.63, 3.8) is 0 Å². The van der Waals surface area contributed by atoms with Crippen LogP contribution in [-0.4, -0.2) is 23.8 Å². The first-order chi connectivity index (χ1) is 5.98. The molecule has 0 aromatic heterocycles. The number of hydrogen-bond acceptors (Lipinski definition) is 2. The second kappa shape index (κ2) is 2.34. The number of rotatable bonds is 0. The van der Waals surface area contributed by atoms with Gasteiger partial charge >= 0.3 is 0 Å². The topological polar surface area (TPSA) is 37.4 Å². The number of imide groups is 1. The number of piperidine rings is 1. The number of likely N-dealkylation sites (tertiary alicyclic amines) is 1. The van der Waals surface area contributed by atoms with Gasteiger partial charge < -0.3 is 0 Å². The van der Waals surface area contributed by atoms with Gasteiger partial charge in [0.1, 0.15) is 0 Å². The predicted octanol–water partition coefficient (Wildman–Crippen LogP) is 1.04. The van der Waals surface area contributed by atoms with Gasteiger partial charge in [0, 0.05) is 13.0 Å². The summed E-state index contributed by atoms with van der Waals surface area (Å²) in [6, 6.07) is 0. The zero-order valence-electron chi connectivity index (χ0n) is 8.33. The summed E-state index contributed by atoms with van der Waals surface area (Å²) < 4.78 is 0. The van der Waals surface area contributed by atoms with E-state index in [2.05, 4.69) is 0 Å². The van der Waals surface area contributed by atoms with Gasteiger partial charge in [0.15, 0.2) is 0 Å². The second-order valence-electron chi connectivity index (χ2n) is 4.55. The molecule has 1 aliphatic heterocycles. The monoisotopic (exact) mass is 181 g/mol. The third-order valence-corrected chi connectivity index (χ3v) is 4.02. The maximum atomic E-state index is 11.8. The molecule has 2 rings (SSSR count). The Hall–Kier alpha value is -0.860. The van der Waals surface area contributed by atoms with E-state index in [0.717, 1.165) is 12.8 Å². The predicted molar refractivity (Wildman–Crippen MR) is 47.8 cm³/mol. The lowest BCUT2D eigenvalue weighted by atomic mass is 9.74. The summed E-state index contributed by atoms with van der Waals surface area (Å²) >= 11 is 0. The van der Waals surface area contributed by atoms with Gasteiger partial charge in [0.25, 0.3) is 0 Å². The molecule has 2 amide bonds. The molecule has 0 aromatic carbocycles. The Labute approximate surface area is 78.1 Å². The van der Waals surface area contributed by atoms with E-state index in [-0.39, 0.29) is 29.1 Å². The lowest BCUT2D eigenvalue weighted by molar-refractivity contribution is -0.159. The third-order valence-electron chi connectivity index (χ3n) is 4.02. The van der Waals surface area contributed by atoms with Gasteiger partial charge in [-0.25, -0.2) is 0 Å². The molecule has 1 unspecified atom stereocenters. The van der Waals surface area contributed by atoms with Gasteiger partial charge in [-0.15, -0.1) is 0 Å². The van der Waals surface area contributed by atoms with Crippen LogP contribution in [0.4, 0.5) is 0 Å². The molecule has 1 saturated carbocycles. The molecule has 3 heteroatoms. The lowest BCUT2D eigenvalue weighted by Crippen LogP contribution is -2.52. The average Bonchev–Trinajstić information content (AvgIpc) is 2.37. The number of hydrogen-bond donors (Lipinski definition) is 0. The molecular weight excluding hydrogens is 166 g/mol. The van der Waals surface area contributed by atoms with Gasteiger partial charge in [-0.05, 0) is 18.8 Å². The zero-order chi connectivity index (χ0) is 9.80. The summed E-state index contributed by atoms with van der Waals surface area (Å²) in [6.07, 6.45) is 1.75. The molecule has 0 spiro atoms. The molecular formula is C10H15NO2. The molecule has 3 nitrogen and oxygen atoms in total. The van der Waals surface area contributed by atoms with E-state index < -0.39 is 0 Å². The molecule has 2 fully saturated rings. The van der Waals surface area contributed by atoms with Crippen LogP contribution in [0.1, 0.15) is 26.7 Å². The van der Waals surface area contributed by atoms with Crippen LogP contribution in [0, 0.1) is 17.3 Å². The quantitative estimate of drug-likeness (QED) is 0.523. The van der Waals surface area contributed by atoms with Crippen molar-refractivity contribution in [2.45, 2.75) is 26.7 Å². The van der Waals surface area contributed by atoms with Crippen molar-refractivity contribution >= 4 is 11.8 Å². The van der Waals surface area contributed by atoms with Crippen LogP contribution in [0.3, 0.4) is 0 Å². The maximum absolute atomic E-state index is 11.8. The van der Waals surface area contributed by atoms with E-state index in [9.17, 15) is 9.59 Å². The van der Waals surface area contributed by atoms with Crippen LogP contribution < -0.4 is 0 Å². The molecule has 2 aliphatic rings. The Kier molecular flexibility index (Phi) is 1.57. The summed E-state index contributed by atoms with van der Waals surface area (Å²) in [7, 11) is 1.60. The number of nitrogens with zero attached hydrogens (tertiary/aromatic N) is 1. The molecule has 1 aliphatic carbocycles. The summed E-state index contributed by atoms with van der Waals surface area (Å²) in [4.78, 5) is 24.8. The average molecular weight is 181 g/mol. The minimum atomic E-state index is -0.271. The fraction of sp³-hybridized carbons (Fsp3) is 0.800. The first kappa shape index (κ1) is 8.73. The molecule has 0 N–H and O–H groups in total. The van der Waals surface area contributed by atoms with E-state index in [0.29, 0.717) is 0 Å². The molecule has 0 aromatic rings. The molecule has 13 heavy (non-hydrogen) atoms. The van der Waals surface area contributed by atoms with Crippen molar-refractivity contribution in [2.75, 3.05) is 7.05 Å². The fourth-order valence-electron chi connectivity index (χ4n) is 2.75. The SMILES string of the molecule is C[C@@H]1C2CC[C@@]1(C)C(=O)N(C)C2=O. The normalized spacial score (nSPS) is 44.4. The van der Waals surface area contributed by atoms with Gasteiger partial charge in [-0.3, -0.25) is 14.5 Å². The Balaban J connectivity index is 2.45. The molecule has 1 saturated heterocycles. The molecule has 1 heterocycles. The number of carbonyl (C=O) groups excluding carboxylic acids is 2. The summed E-state index contributed by atoms with van der Waals surface area (Å²) in [5.41, 5.74) is -0.271. The van der Waals surface area contributed by atoms with Crippen LogP contribution in [0.2, 0.25) is 0 Å². The van der Waals surface area contributed by atoms with Crippen molar-refractivity contribution in [2.24, 2.45) is 17.3 Å². The fourth-order valence-corrected chi connectivity index (χ4v) is 2.75. The summed E-state index contributed by atoms with van der Waals surface area (Å²) in [6.45, 7) is 4.02. The Bertz CT molecular complexity index is 287. The van der Waals surface area contributed by atoms with Gasteiger partial charge in [-0.1, -0.05) is 13.8 Å². The van der Waals surface area contributed by atoms with Crippen LogP contribution in [0.15, 0.2) is 0 Å². The van der Waals surface area contributed by atoms with E-state index in [1.165, 1.54) is 4.90 Å². The Morgan fingerprint density at radius 1 is 1.46 bits per heavy atom. The molecule has 72 valence electrons. The van der Waals surface area contributed by atoms with Crippen molar-refractivity contribution < 1.29 is 9.59 Å². The van der Waals surface area contributed by atoms with Gasteiger partial charge in [0.2, 0.25) is 11.8 Å². The summed E-state index contributed by atoms with van der Waals surface area (Å²) in [5, 5.41) is 0. The summed E-state index contributed by atoms with van der Waals surface area (Å²) in [5.74, 6) is 0.350. The van der Waals surface area contributed by atoms with Gasteiger partial charge in [0.05, 0.1) is 5.41 Å². The van der Waals surface area contributed by atoms with Crippen LogP contribution in [-0.2, 0) is 9.59 Å². The molecule has 2 bridgehead atoms. The molecule has 3 atom stereocenters. The zero-order valence-corrected chi connectivity index (χ0v) is 8.33. The number of carbonyl (C=O) groups is 2. The first-order valence-electron chi connectivity index (χ1n) is 4.80. The van der Waals surface area contributed by atoms with E-state index >= 15 is 0 Å². The third kappa shape index (κ3) is 0.847. The highest BCUT2D eigenvalue weighted by molar-refractivity contribution is 6.02. The smallest absolute Gasteiger partial charge is 0.235 e. The van der Waals surface area contributed by atoms with Crippen molar-refractivity contribution in [1.82, 2.24) is 4.90 Å². The lowest BCUT2D eigenvalue weighted by Gasteiger charge is -2.38. The van der Waals surface area contributed by atoms with E-state index in [4.69, 9.17) is 0 Å². The van der Waals surface area contributed by atoms with E-state index in [1.807, 2.05) is 13.8 Å². The molecule has 0 radical (unpaired) electrons. The van der Waals surface area contributed by atoms with Crippen LogP contribution in [0.5, 0.6) is 0 Å². The highest BCUT2D eigenvalue weighted by atomic mass is 16.2. The van der Waals surface area contributed by atoms with Crippen LogP contribution in [0.25, 0.3) is 0 Å². The number of amides is 2. The minimum absolute atomic E-state index is 0.0127. The maximum Gasteiger partial charge on any atom is 0.235 e. The Morgan fingerprint density at radius 2 is 2.08 bits per heavy atom. The minimum Gasteiger partial charge on any atom is -0.285 e. The van der Waals surface area contributed by atoms with E-state index in [1.54, 1.807) is 7.05 Å². The largest absolute Gasteiger partial charge is 0.285 e. The first-order valence-corrected chi connectivity index (χ1v) is 4.80. The Morgan fingerprint density at radius 3 is 2.69 bits per heavy atom. The van der Waals surface area contributed by atoms with Crippen molar-refractivity contribution in [3.8, 4) is 0 Å².